The lowest BCUT2D eigenvalue weighted by Crippen LogP contribution is -2.21. The number of carboxylic acids is 1. The van der Waals surface area contributed by atoms with Gasteiger partial charge in [-0.2, -0.15) is 13.2 Å². The van der Waals surface area contributed by atoms with Gasteiger partial charge in [-0.15, -0.1) is 0 Å². The first-order valence-electron chi connectivity index (χ1n) is 3.48. The molecule has 0 amide bonds. The SMILES string of the molecule is CC(C)O.N=C(N)N.O=C(O)C(F)(F)F. The van der Waals surface area contributed by atoms with Crippen molar-refractivity contribution in [2.45, 2.75) is 26.1 Å². The van der Waals surface area contributed by atoms with Gasteiger partial charge in [-0.1, -0.05) is 0 Å². The summed E-state index contributed by atoms with van der Waals surface area (Å²) >= 11 is 0. The van der Waals surface area contributed by atoms with E-state index in [1.807, 2.05) is 0 Å². The lowest BCUT2D eigenvalue weighted by Gasteiger charge is -1.93. The number of carbonyl (C=O) groups is 1. The van der Waals surface area contributed by atoms with Gasteiger partial charge in [-0.25, -0.2) is 4.79 Å². The molecule has 0 fully saturated rings. The average Bonchev–Trinajstić information content (AvgIpc) is 1.80. The second kappa shape index (κ2) is 9.06. The molecule has 0 atom stereocenters. The fraction of sp³-hybridized carbons (Fsp3) is 0.667. The molecule has 0 unspecified atom stereocenters. The molecule has 0 radical (unpaired) electrons. The van der Waals surface area contributed by atoms with Gasteiger partial charge in [0.25, 0.3) is 0 Å². The summed E-state index contributed by atoms with van der Waals surface area (Å²) in [6.45, 7) is 3.44. The number of hydrogen-bond acceptors (Lipinski definition) is 3. The minimum absolute atomic E-state index is 0.167. The van der Waals surface area contributed by atoms with Crippen molar-refractivity contribution in [3.8, 4) is 0 Å². The van der Waals surface area contributed by atoms with Gasteiger partial charge in [0.05, 0.1) is 0 Å². The molecule has 15 heavy (non-hydrogen) atoms. The quantitative estimate of drug-likeness (QED) is 0.293. The van der Waals surface area contributed by atoms with Gasteiger partial charge in [0.15, 0.2) is 5.96 Å². The van der Waals surface area contributed by atoms with Crippen molar-refractivity contribution in [1.82, 2.24) is 0 Å². The molecule has 0 saturated carbocycles. The summed E-state index contributed by atoms with van der Waals surface area (Å²) in [6, 6.07) is 0. The number of aliphatic hydroxyl groups is 1. The van der Waals surface area contributed by atoms with Crippen LogP contribution in [-0.4, -0.2) is 34.4 Å². The Labute approximate surface area is 84.2 Å². The highest BCUT2D eigenvalue weighted by Crippen LogP contribution is 2.13. The molecule has 0 aromatic heterocycles. The van der Waals surface area contributed by atoms with Gasteiger partial charge in [-0.05, 0) is 13.8 Å². The summed E-state index contributed by atoms with van der Waals surface area (Å²) in [5.41, 5.74) is 8.94. The maximum absolute atomic E-state index is 10.6. The van der Waals surface area contributed by atoms with E-state index < -0.39 is 12.1 Å². The first kappa shape index (κ1) is 19.1. The van der Waals surface area contributed by atoms with Crippen LogP contribution in [0, 0.1) is 5.41 Å². The van der Waals surface area contributed by atoms with Gasteiger partial charge < -0.3 is 21.7 Å². The molecular formula is C6H14F3N3O3. The number of aliphatic carboxylic acids is 1. The summed E-state index contributed by atoms with van der Waals surface area (Å²) in [7, 11) is 0. The Morgan fingerprint density at radius 1 is 1.33 bits per heavy atom. The zero-order chi connectivity index (χ0) is 13.2. The van der Waals surface area contributed by atoms with Crippen molar-refractivity contribution in [3.63, 3.8) is 0 Å². The number of aliphatic hydroxyl groups excluding tert-OH is 1. The monoisotopic (exact) mass is 233 g/mol. The maximum atomic E-state index is 10.6. The Balaban J connectivity index is -0.000000155. The molecule has 0 bridgehead atoms. The van der Waals surface area contributed by atoms with Crippen LogP contribution in [0.2, 0.25) is 0 Å². The van der Waals surface area contributed by atoms with Gasteiger partial charge in [-0.3, -0.25) is 5.41 Å². The maximum Gasteiger partial charge on any atom is 0.490 e. The Hall–Kier alpha value is -1.51. The van der Waals surface area contributed by atoms with Crippen LogP contribution in [0.1, 0.15) is 13.8 Å². The number of guanidine groups is 1. The molecule has 0 rings (SSSR count). The van der Waals surface area contributed by atoms with E-state index in [-0.39, 0.29) is 12.1 Å². The highest BCUT2D eigenvalue weighted by Gasteiger charge is 2.38. The molecule has 6 nitrogen and oxygen atoms in total. The predicted molar refractivity (Wildman–Crippen MR) is 47.1 cm³/mol. The number of nitrogens with one attached hydrogen (secondary N) is 1. The highest BCUT2D eigenvalue weighted by atomic mass is 19.4. The van der Waals surface area contributed by atoms with E-state index in [1.54, 1.807) is 13.8 Å². The smallest absolute Gasteiger partial charge is 0.475 e. The molecule has 0 aliphatic carbocycles. The normalized spacial score (nSPS) is 9.27. The third kappa shape index (κ3) is 68.2. The Kier molecular flexibility index (Phi) is 11.6. The number of nitrogens with two attached hydrogens (primary N) is 2. The second-order valence-corrected chi connectivity index (χ2v) is 2.35. The van der Waals surface area contributed by atoms with Crippen LogP contribution < -0.4 is 11.5 Å². The Morgan fingerprint density at radius 2 is 1.40 bits per heavy atom. The van der Waals surface area contributed by atoms with E-state index in [1.165, 1.54) is 0 Å². The van der Waals surface area contributed by atoms with Crippen molar-refractivity contribution >= 4 is 11.9 Å². The van der Waals surface area contributed by atoms with Gasteiger partial charge >= 0.3 is 12.1 Å². The van der Waals surface area contributed by atoms with Crippen molar-refractivity contribution < 1.29 is 28.2 Å². The largest absolute Gasteiger partial charge is 0.490 e. The second-order valence-electron chi connectivity index (χ2n) is 2.35. The topological polar surface area (TPSA) is 133 Å². The van der Waals surface area contributed by atoms with E-state index in [0.717, 1.165) is 0 Å². The summed E-state index contributed by atoms with van der Waals surface area (Å²) in [4.78, 5) is 8.90. The van der Waals surface area contributed by atoms with Gasteiger partial charge in [0.1, 0.15) is 0 Å². The van der Waals surface area contributed by atoms with Crippen molar-refractivity contribution in [2.75, 3.05) is 0 Å². The average molecular weight is 233 g/mol. The highest BCUT2D eigenvalue weighted by molar-refractivity contribution is 5.73. The molecule has 0 aliphatic heterocycles. The number of alkyl halides is 3. The third-order valence-corrected chi connectivity index (χ3v) is 0.243. The summed E-state index contributed by atoms with van der Waals surface area (Å²) in [5.74, 6) is -3.09. The van der Waals surface area contributed by atoms with Crippen molar-refractivity contribution in [3.05, 3.63) is 0 Å². The van der Waals surface area contributed by atoms with Crippen molar-refractivity contribution in [1.29, 1.82) is 5.41 Å². The summed E-state index contributed by atoms with van der Waals surface area (Å²) < 4.78 is 31.7. The van der Waals surface area contributed by atoms with E-state index in [2.05, 4.69) is 11.5 Å². The van der Waals surface area contributed by atoms with E-state index in [0.29, 0.717) is 0 Å². The molecule has 0 aromatic carbocycles. The van der Waals surface area contributed by atoms with Crippen LogP contribution >= 0.6 is 0 Å². The zero-order valence-corrected chi connectivity index (χ0v) is 8.17. The molecule has 0 spiro atoms. The van der Waals surface area contributed by atoms with Crippen LogP contribution in [0.5, 0.6) is 0 Å². The Bertz CT molecular complexity index is 187. The van der Waals surface area contributed by atoms with E-state index in [4.69, 9.17) is 20.4 Å². The molecular weight excluding hydrogens is 219 g/mol. The summed E-state index contributed by atoms with van der Waals surface area (Å²) in [6.07, 6.45) is -5.25. The predicted octanol–water partition coefficient (Wildman–Crippen LogP) is -0.141. The molecule has 92 valence electrons. The zero-order valence-electron chi connectivity index (χ0n) is 8.17. The van der Waals surface area contributed by atoms with Gasteiger partial charge in [0.2, 0.25) is 0 Å². The van der Waals surface area contributed by atoms with Crippen molar-refractivity contribution in [2.24, 2.45) is 11.5 Å². The summed E-state index contributed by atoms with van der Waals surface area (Å²) in [5, 5.41) is 21.2. The molecule has 9 heteroatoms. The standard InChI is InChI=1S/C3H8O.C2HF3O2.CH5N3/c1-3(2)4;3-2(4,5)1(6)7;2-1(3)4/h3-4H,1-2H3;(H,6,7);(H5,2,3,4). The minimum Gasteiger partial charge on any atom is -0.475 e. The number of halogens is 3. The number of rotatable bonds is 0. The Morgan fingerprint density at radius 3 is 1.40 bits per heavy atom. The van der Waals surface area contributed by atoms with E-state index in [9.17, 15) is 13.2 Å². The fourth-order valence-corrected chi connectivity index (χ4v) is 0. The van der Waals surface area contributed by atoms with Crippen LogP contribution in [0.4, 0.5) is 13.2 Å². The third-order valence-electron chi connectivity index (χ3n) is 0.243. The first-order chi connectivity index (χ1) is 6.41. The van der Waals surface area contributed by atoms with E-state index >= 15 is 0 Å². The van der Waals surface area contributed by atoms with Crippen LogP contribution in [0.15, 0.2) is 0 Å². The molecule has 0 aliphatic rings. The number of hydrogen-bond donors (Lipinski definition) is 5. The number of carboxylic acid groups (broad SMARTS) is 1. The lowest BCUT2D eigenvalue weighted by molar-refractivity contribution is -0.192. The van der Waals surface area contributed by atoms with Crippen LogP contribution in [0.3, 0.4) is 0 Å². The fourth-order valence-electron chi connectivity index (χ4n) is 0. The van der Waals surface area contributed by atoms with Crippen LogP contribution in [0.25, 0.3) is 0 Å². The lowest BCUT2D eigenvalue weighted by atomic mass is 10.5. The molecule has 0 aromatic rings. The molecule has 7 N–H and O–H groups in total. The minimum atomic E-state index is -5.08. The van der Waals surface area contributed by atoms with Crippen LogP contribution in [-0.2, 0) is 4.79 Å². The first-order valence-corrected chi connectivity index (χ1v) is 3.48. The van der Waals surface area contributed by atoms with Gasteiger partial charge in [0, 0.05) is 6.10 Å². The molecule has 0 heterocycles. The molecule has 0 saturated heterocycles.